The van der Waals surface area contributed by atoms with E-state index >= 15 is 0 Å². The van der Waals surface area contributed by atoms with Gasteiger partial charge in [0.05, 0.1) is 17.4 Å². The van der Waals surface area contributed by atoms with Gasteiger partial charge in [0.1, 0.15) is 11.6 Å². The molecule has 2 bridgehead atoms. The second kappa shape index (κ2) is 10.7. The first-order valence-electron chi connectivity index (χ1n) is 17.4. The van der Waals surface area contributed by atoms with Gasteiger partial charge < -0.3 is 9.80 Å². The summed E-state index contributed by atoms with van der Waals surface area (Å²) >= 11 is 0. The van der Waals surface area contributed by atoms with Crippen LogP contribution < -0.4 is 9.80 Å². The quantitative estimate of drug-likeness (QED) is 0.245. The molecule has 7 nitrogen and oxygen atoms in total. The number of hydrogen-bond acceptors (Lipinski definition) is 6. The van der Waals surface area contributed by atoms with Crippen LogP contribution in [0.15, 0.2) is 48.8 Å². The number of fused-ring (bicyclic) bond motifs is 5. The standard InChI is InChI=1S/C38H45N7/c1-26-19-27-7-3-4-8-32(27)34(20-26)28-9-12-33-35(21-28)40-36(13-16-38-14-5-17-44(38)18-6-15-38)41-37(33)43-24-29-10-11-30(25-43)45(29)31-22-39-42(2)23-31/h4,8-9,12,19-23,29-30H,3,5-7,10-11,13-18,24-25H2,1-2H3. The minimum atomic E-state index is 0.377. The molecular formula is C38H45N7. The molecule has 5 aliphatic rings. The Morgan fingerprint density at radius 3 is 2.58 bits per heavy atom. The molecule has 0 N–H and O–H groups in total. The van der Waals surface area contributed by atoms with Crippen LogP contribution in [0.5, 0.6) is 0 Å². The maximum absolute atomic E-state index is 5.43. The maximum Gasteiger partial charge on any atom is 0.140 e. The van der Waals surface area contributed by atoms with Gasteiger partial charge in [0.15, 0.2) is 0 Å². The highest BCUT2D eigenvalue weighted by atomic mass is 15.4. The van der Waals surface area contributed by atoms with Crippen molar-refractivity contribution >= 4 is 28.5 Å². The van der Waals surface area contributed by atoms with Crippen LogP contribution in [0.2, 0.25) is 0 Å². The molecule has 2 unspecified atom stereocenters. The molecule has 4 saturated heterocycles. The second-order valence-electron chi connectivity index (χ2n) is 14.5. The number of anilines is 2. The molecule has 45 heavy (non-hydrogen) atoms. The fourth-order valence-electron chi connectivity index (χ4n) is 9.65. The monoisotopic (exact) mass is 599 g/mol. The van der Waals surface area contributed by atoms with Crippen molar-refractivity contribution in [1.29, 1.82) is 0 Å². The summed E-state index contributed by atoms with van der Waals surface area (Å²) in [5.41, 5.74) is 9.51. The average molecular weight is 600 g/mol. The molecule has 2 aromatic heterocycles. The van der Waals surface area contributed by atoms with Gasteiger partial charge in [-0.1, -0.05) is 35.9 Å². The van der Waals surface area contributed by atoms with Crippen molar-refractivity contribution in [2.24, 2.45) is 7.05 Å². The predicted octanol–water partition coefficient (Wildman–Crippen LogP) is 6.72. The number of piperazine rings is 1. The largest absolute Gasteiger partial charge is 0.359 e. The third-order valence-corrected chi connectivity index (χ3v) is 11.7. The Hall–Kier alpha value is -3.71. The molecule has 0 spiro atoms. The van der Waals surface area contributed by atoms with Crippen LogP contribution >= 0.6 is 0 Å². The molecule has 6 heterocycles. The van der Waals surface area contributed by atoms with Gasteiger partial charge in [0, 0.05) is 55.8 Å². The van der Waals surface area contributed by atoms with Crippen LogP contribution in [0.3, 0.4) is 0 Å². The van der Waals surface area contributed by atoms with Gasteiger partial charge in [0.25, 0.3) is 0 Å². The van der Waals surface area contributed by atoms with Gasteiger partial charge in [-0.2, -0.15) is 5.10 Å². The molecule has 0 radical (unpaired) electrons. The second-order valence-corrected chi connectivity index (χ2v) is 14.5. The topological polar surface area (TPSA) is 53.3 Å². The lowest BCUT2D eigenvalue weighted by Gasteiger charge is -2.42. The summed E-state index contributed by atoms with van der Waals surface area (Å²) in [5, 5.41) is 5.68. The molecule has 2 atom stereocenters. The van der Waals surface area contributed by atoms with E-state index in [1.54, 1.807) is 0 Å². The minimum absolute atomic E-state index is 0.377. The van der Waals surface area contributed by atoms with Crippen LogP contribution in [0.1, 0.15) is 73.9 Å². The molecule has 4 fully saturated rings. The van der Waals surface area contributed by atoms with Crippen molar-refractivity contribution < 1.29 is 0 Å². The van der Waals surface area contributed by atoms with E-state index in [0.29, 0.717) is 17.6 Å². The Morgan fingerprint density at radius 2 is 1.80 bits per heavy atom. The van der Waals surface area contributed by atoms with Gasteiger partial charge >= 0.3 is 0 Å². The van der Waals surface area contributed by atoms with Gasteiger partial charge in [0.2, 0.25) is 0 Å². The molecule has 1 aliphatic carbocycles. The lowest BCUT2D eigenvalue weighted by molar-refractivity contribution is 0.182. The average Bonchev–Trinajstić information content (AvgIpc) is 3.81. The molecule has 4 aromatic rings. The van der Waals surface area contributed by atoms with E-state index in [1.807, 2.05) is 17.9 Å². The van der Waals surface area contributed by atoms with Crippen LogP contribution in [0.4, 0.5) is 11.5 Å². The van der Waals surface area contributed by atoms with Crippen molar-refractivity contribution in [3.8, 4) is 11.1 Å². The van der Waals surface area contributed by atoms with Crippen LogP contribution in [0, 0.1) is 6.92 Å². The van der Waals surface area contributed by atoms with E-state index in [4.69, 9.17) is 9.97 Å². The van der Waals surface area contributed by atoms with Crippen molar-refractivity contribution in [2.75, 3.05) is 36.0 Å². The third kappa shape index (κ3) is 4.68. The molecule has 7 heteroatoms. The van der Waals surface area contributed by atoms with E-state index in [1.165, 1.54) is 96.9 Å². The zero-order valence-electron chi connectivity index (χ0n) is 26.9. The fraction of sp³-hybridized carbons (Fsp3) is 0.500. The molecule has 9 rings (SSSR count). The first kappa shape index (κ1) is 27.6. The third-order valence-electron chi connectivity index (χ3n) is 11.7. The first-order chi connectivity index (χ1) is 22.0. The Balaban J connectivity index is 1.11. The lowest BCUT2D eigenvalue weighted by Crippen LogP contribution is -2.54. The number of rotatable bonds is 6. The number of hydrogen-bond donors (Lipinski definition) is 0. The SMILES string of the molecule is Cc1cc2c(c(-c3ccc4c(N5CC6CCC(C5)N6c5cnn(C)c5)nc(CCC56CCCN5CCC6)nc4c3)c1)C=CCC2. The summed E-state index contributed by atoms with van der Waals surface area (Å²) in [6.07, 6.45) is 21.0. The summed E-state index contributed by atoms with van der Waals surface area (Å²) in [6.45, 7) is 6.76. The molecule has 2 aromatic carbocycles. The van der Waals surface area contributed by atoms with Gasteiger partial charge in [-0.05, 0) is 112 Å². The molecule has 232 valence electrons. The van der Waals surface area contributed by atoms with Crippen LogP contribution in [0.25, 0.3) is 28.1 Å². The Labute approximate surface area is 266 Å². The highest BCUT2D eigenvalue weighted by molar-refractivity contribution is 5.94. The minimum Gasteiger partial charge on any atom is -0.359 e. The number of aryl methyl sites for hydroxylation is 4. The summed E-state index contributed by atoms with van der Waals surface area (Å²) < 4.78 is 1.93. The molecule has 4 aliphatic heterocycles. The van der Waals surface area contributed by atoms with E-state index in [2.05, 4.69) is 75.4 Å². The van der Waals surface area contributed by atoms with Gasteiger partial charge in [-0.15, -0.1) is 0 Å². The van der Waals surface area contributed by atoms with Crippen molar-refractivity contribution in [3.05, 3.63) is 71.3 Å². The van der Waals surface area contributed by atoms with Crippen LogP contribution in [-0.2, 0) is 19.9 Å². The van der Waals surface area contributed by atoms with Gasteiger partial charge in [-0.3, -0.25) is 9.58 Å². The zero-order chi connectivity index (χ0) is 30.1. The highest BCUT2D eigenvalue weighted by Crippen LogP contribution is 2.43. The molecule has 0 amide bonds. The predicted molar refractivity (Wildman–Crippen MR) is 183 cm³/mol. The van der Waals surface area contributed by atoms with E-state index in [9.17, 15) is 0 Å². The maximum atomic E-state index is 5.43. The Morgan fingerprint density at radius 1 is 0.978 bits per heavy atom. The van der Waals surface area contributed by atoms with E-state index in [0.717, 1.165) is 49.5 Å². The summed E-state index contributed by atoms with van der Waals surface area (Å²) in [5.74, 6) is 2.17. The number of nitrogens with zero attached hydrogens (tertiary/aromatic N) is 7. The summed E-state index contributed by atoms with van der Waals surface area (Å²) in [7, 11) is 2.02. The first-order valence-corrected chi connectivity index (χ1v) is 17.4. The molecular weight excluding hydrogens is 554 g/mol. The normalized spacial score (nSPS) is 23.7. The molecule has 0 saturated carbocycles. The number of allylic oxidation sites excluding steroid dienone is 1. The number of aromatic nitrogens is 4. The number of benzene rings is 2. The smallest absolute Gasteiger partial charge is 0.140 e. The summed E-state index contributed by atoms with van der Waals surface area (Å²) in [6, 6.07) is 12.7. The van der Waals surface area contributed by atoms with Gasteiger partial charge in [-0.25, -0.2) is 9.97 Å². The van der Waals surface area contributed by atoms with Crippen molar-refractivity contribution in [2.45, 2.75) is 88.8 Å². The van der Waals surface area contributed by atoms with E-state index < -0.39 is 0 Å². The zero-order valence-corrected chi connectivity index (χ0v) is 26.9. The van der Waals surface area contributed by atoms with Crippen LogP contribution in [-0.4, -0.2) is 68.4 Å². The van der Waals surface area contributed by atoms with E-state index in [-0.39, 0.29) is 0 Å². The Kier molecular flexibility index (Phi) is 6.55. The Bertz CT molecular complexity index is 1780. The lowest BCUT2D eigenvalue weighted by atomic mass is 9.88. The van der Waals surface area contributed by atoms with Crippen molar-refractivity contribution in [1.82, 2.24) is 24.6 Å². The summed E-state index contributed by atoms with van der Waals surface area (Å²) in [4.78, 5) is 18.8. The van der Waals surface area contributed by atoms with Crippen molar-refractivity contribution in [3.63, 3.8) is 0 Å². The highest BCUT2D eigenvalue weighted by Gasteiger charge is 2.44. The fourth-order valence-corrected chi connectivity index (χ4v) is 9.65.